The van der Waals surface area contributed by atoms with E-state index < -0.39 is 17.8 Å². The molecule has 116 valence electrons. The number of aromatic nitrogens is 2. The number of alkyl halides is 2. The molecule has 2 rings (SSSR count). The van der Waals surface area contributed by atoms with Gasteiger partial charge in [-0.15, -0.1) is 10.2 Å². The summed E-state index contributed by atoms with van der Waals surface area (Å²) in [7, 11) is 0. The molecule has 1 aromatic rings. The minimum absolute atomic E-state index is 0.139. The quantitative estimate of drug-likeness (QED) is 0.633. The average molecular weight is 337 g/mol. The van der Waals surface area contributed by atoms with Gasteiger partial charge in [0.2, 0.25) is 17.0 Å². The van der Waals surface area contributed by atoms with Gasteiger partial charge in [-0.2, -0.15) is 0 Å². The number of nitrogens with zero attached hydrogens (tertiary/aromatic N) is 2. The molecule has 1 heterocycles. The predicted octanol–water partition coefficient (Wildman–Crippen LogP) is 2.48. The highest BCUT2D eigenvalue weighted by Crippen LogP contribution is 2.36. The second-order valence-electron chi connectivity index (χ2n) is 4.68. The average Bonchev–Trinajstić information content (AvgIpc) is 2.83. The first-order chi connectivity index (χ1) is 9.85. The van der Waals surface area contributed by atoms with Gasteiger partial charge < -0.3 is 10.4 Å². The molecule has 0 aromatic carbocycles. The molecule has 0 radical (unpaired) electrons. The zero-order valence-electron chi connectivity index (χ0n) is 10.8. The van der Waals surface area contributed by atoms with E-state index in [0.717, 1.165) is 23.1 Å². The Labute approximate surface area is 127 Å². The highest BCUT2D eigenvalue weighted by molar-refractivity contribution is 8.01. The van der Waals surface area contributed by atoms with Gasteiger partial charge in [-0.05, 0) is 12.8 Å². The molecule has 0 spiro atoms. The summed E-state index contributed by atoms with van der Waals surface area (Å²) in [5, 5.41) is 18.8. The number of rotatable bonds is 5. The molecule has 0 aliphatic heterocycles. The molecule has 1 fully saturated rings. The van der Waals surface area contributed by atoms with Crippen LogP contribution in [0.2, 0.25) is 0 Å². The van der Waals surface area contributed by atoms with Gasteiger partial charge in [-0.3, -0.25) is 9.59 Å². The van der Waals surface area contributed by atoms with Gasteiger partial charge >= 0.3 is 5.97 Å². The van der Waals surface area contributed by atoms with Crippen molar-refractivity contribution in [1.82, 2.24) is 10.2 Å². The monoisotopic (exact) mass is 337 g/mol. The molecular weight excluding hydrogens is 324 g/mol. The summed E-state index contributed by atoms with van der Waals surface area (Å²) in [5.74, 6) is -4.55. The molecule has 0 atom stereocenters. The van der Waals surface area contributed by atoms with E-state index in [-0.39, 0.29) is 42.5 Å². The number of hydrogen-bond acceptors (Lipinski definition) is 6. The number of carbonyl (C=O) groups excluding carboxylic acids is 1. The van der Waals surface area contributed by atoms with Crippen LogP contribution in [0.4, 0.5) is 13.9 Å². The highest BCUT2D eigenvalue weighted by atomic mass is 32.2. The van der Waals surface area contributed by atoms with Crippen LogP contribution in [0.5, 0.6) is 0 Å². The number of aliphatic carboxylic acids is 1. The number of nitrogens with one attached hydrogen (secondary N) is 1. The van der Waals surface area contributed by atoms with Crippen LogP contribution in [0, 0.1) is 5.92 Å². The number of carboxylic acids is 1. The molecule has 0 bridgehead atoms. The molecule has 1 aromatic heterocycles. The number of carboxylic acid groups (broad SMARTS) is 1. The zero-order valence-corrected chi connectivity index (χ0v) is 12.5. The van der Waals surface area contributed by atoms with E-state index in [0.29, 0.717) is 4.34 Å². The lowest BCUT2D eigenvalue weighted by Crippen LogP contribution is -2.31. The van der Waals surface area contributed by atoms with Crippen molar-refractivity contribution in [3.8, 4) is 0 Å². The molecule has 0 saturated heterocycles. The zero-order chi connectivity index (χ0) is 15.5. The fourth-order valence-electron chi connectivity index (χ4n) is 1.95. The predicted molar refractivity (Wildman–Crippen MR) is 73.8 cm³/mol. The highest BCUT2D eigenvalue weighted by Gasteiger charge is 2.37. The van der Waals surface area contributed by atoms with E-state index in [1.807, 2.05) is 0 Å². The van der Waals surface area contributed by atoms with Crippen molar-refractivity contribution in [1.29, 1.82) is 0 Å². The number of carbonyl (C=O) groups is 2. The van der Waals surface area contributed by atoms with Crippen LogP contribution in [0.1, 0.15) is 25.7 Å². The Kier molecular flexibility index (Phi) is 5.09. The molecule has 0 unspecified atom stereocenters. The van der Waals surface area contributed by atoms with Gasteiger partial charge in [0.25, 0.3) is 0 Å². The lowest BCUT2D eigenvalue weighted by atomic mass is 9.86. The summed E-state index contributed by atoms with van der Waals surface area (Å²) in [6.07, 6.45) is -0.252. The van der Waals surface area contributed by atoms with Crippen LogP contribution in [0.25, 0.3) is 0 Å². The third-order valence-corrected chi connectivity index (χ3v) is 5.00. The normalized spacial score (nSPS) is 18.4. The Morgan fingerprint density at radius 1 is 1.38 bits per heavy atom. The summed E-state index contributed by atoms with van der Waals surface area (Å²) < 4.78 is 26.5. The van der Waals surface area contributed by atoms with E-state index in [2.05, 4.69) is 15.5 Å². The molecule has 1 saturated carbocycles. The molecule has 1 aliphatic rings. The van der Waals surface area contributed by atoms with Crippen molar-refractivity contribution in [2.45, 2.75) is 35.9 Å². The van der Waals surface area contributed by atoms with Crippen molar-refractivity contribution in [3.05, 3.63) is 0 Å². The summed E-state index contributed by atoms with van der Waals surface area (Å²) in [5.41, 5.74) is 0. The molecule has 2 N–H and O–H groups in total. The number of halogens is 2. The van der Waals surface area contributed by atoms with Crippen LogP contribution in [0.3, 0.4) is 0 Å². The van der Waals surface area contributed by atoms with Crippen LogP contribution in [-0.4, -0.2) is 38.9 Å². The van der Waals surface area contributed by atoms with Gasteiger partial charge in [0, 0.05) is 18.8 Å². The summed E-state index contributed by atoms with van der Waals surface area (Å²) >= 11 is 2.07. The van der Waals surface area contributed by atoms with Crippen LogP contribution < -0.4 is 5.32 Å². The second-order valence-corrected chi connectivity index (χ2v) is 6.87. The van der Waals surface area contributed by atoms with E-state index in [1.54, 1.807) is 0 Å². The maximum Gasteiger partial charge on any atom is 0.313 e. The van der Waals surface area contributed by atoms with Crippen LogP contribution in [0.15, 0.2) is 4.34 Å². The molecule has 1 aliphatic carbocycles. The van der Waals surface area contributed by atoms with Gasteiger partial charge in [0.05, 0.1) is 5.75 Å². The van der Waals surface area contributed by atoms with E-state index in [4.69, 9.17) is 5.11 Å². The summed E-state index contributed by atoms with van der Waals surface area (Å²) in [6.45, 7) is 0. The summed E-state index contributed by atoms with van der Waals surface area (Å²) in [6, 6.07) is 0. The lowest BCUT2D eigenvalue weighted by molar-refractivity contribution is -0.134. The topological polar surface area (TPSA) is 92.2 Å². The number of amides is 1. The largest absolute Gasteiger partial charge is 0.481 e. The van der Waals surface area contributed by atoms with Crippen LogP contribution >= 0.6 is 23.1 Å². The Morgan fingerprint density at radius 2 is 2.05 bits per heavy atom. The lowest BCUT2D eigenvalue weighted by Gasteiger charge is -2.26. The molecule has 21 heavy (non-hydrogen) atoms. The third kappa shape index (κ3) is 4.88. The van der Waals surface area contributed by atoms with Gasteiger partial charge in [0.1, 0.15) is 0 Å². The standard InChI is InChI=1S/C11H13F2N3O3S2/c12-11(13)3-1-6(2-4-11)8(19)14-9-15-16-10(21-9)20-5-7(17)18/h6H,1-5H2,(H,17,18)(H,14,15,19). The Hall–Kier alpha value is -1.29. The van der Waals surface area contributed by atoms with Crippen LogP contribution in [-0.2, 0) is 9.59 Å². The molecule has 10 heteroatoms. The van der Waals surface area contributed by atoms with Gasteiger partial charge in [-0.25, -0.2) is 8.78 Å². The van der Waals surface area contributed by atoms with Crippen molar-refractivity contribution < 1.29 is 23.5 Å². The molecule has 1 amide bonds. The van der Waals surface area contributed by atoms with E-state index >= 15 is 0 Å². The summed E-state index contributed by atoms with van der Waals surface area (Å²) in [4.78, 5) is 22.4. The maximum atomic E-state index is 13.0. The molecule has 6 nitrogen and oxygen atoms in total. The first-order valence-corrected chi connectivity index (χ1v) is 8.03. The molecular formula is C11H13F2N3O3S2. The first kappa shape index (κ1) is 16.1. The first-order valence-electron chi connectivity index (χ1n) is 6.22. The maximum absolute atomic E-state index is 13.0. The number of anilines is 1. The fraction of sp³-hybridized carbons (Fsp3) is 0.636. The van der Waals surface area contributed by atoms with E-state index in [9.17, 15) is 18.4 Å². The van der Waals surface area contributed by atoms with E-state index in [1.165, 1.54) is 0 Å². The number of hydrogen-bond donors (Lipinski definition) is 2. The van der Waals surface area contributed by atoms with Crippen molar-refractivity contribution in [2.75, 3.05) is 11.1 Å². The second kappa shape index (κ2) is 6.65. The Balaban J connectivity index is 1.84. The van der Waals surface area contributed by atoms with Gasteiger partial charge in [0.15, 0.2) is 4.34 Å². The third-order valence-electron chi connectivity index (χ3n) is 3.04. The van der Waals surface area contributed by atoms with Gasteiger partial charge in [-0.1, -0.05) is 23.1 Å². The minimum Gasteiger partial charge on any atom is -0.481 e. The van der Waals surface area contributed by atoms with Crippen molar-refractivity contribution >= 4 is 40.1 Å². The Bertz CT molecular complexity index is 529. The number of thioether (sulfide) groups is 1. The van der Waals surface area contributed by atoms with Crippen molar-refractivity contribution in [2.24, 2.45) is 5.92 Å². The minimum atomic E-state index is -2.67. The SMILES string of the molecule is O=C(O)CSc1nnc(NC(=O)C2CCC(F)(F)CC2)s1. The fourth-order valence-corrected chi connectivity index (χ4v) is 3.43. The smallest absolute Gasteiger partial charge is 0.313 e. The Morgan fingerprint density at radius 3 is 2.67 bits per heavy atom. The van der Waals surface area contributed by atoms with Crippen molar-refractivity contribution in [3.63, 3.8) is 0 Å².